The number of amidine groups is 1. The first-order chi connectivity index (χ1) is 18.8. The summed E-state index contributed by atoms with van der Waals surface area (Å²) in [6.07, 6.45) is 0.239. The van der Waals surface area contributed by atoms with Crippen LogP contribution in [0.3, 0.4) is 0 Å². The first kappa shape index (κ1) is 28.9. The standard InChI is InChI=1S/C30H35N5O4/c1-21(31)33-18-8-13-26(28(32)36)34-29(37)27(35-30(38)39-20-23-9-4-2-5-10-23)19-22-14-16-25(17-15-22)24-11-6-3-7-12-24/h2-7,9-12,14-17,26-27H,8,13,18-20H2,1H3,(H2,31,33)(H2,32,36)(H,34,37)(H,35,38). The van der Waals surface area contributed by atoms with Gasteiger partial charge in [0.1, 0.15) is 18.7 Å². The second-order valence-corrected chi connectivity index (χ2v) is 9.18. The average Bonchev–Trinajstić information content (AvgIpc) is 2.94. The van der Waals surface area contributed by atoms with Crippen molar-refractivity contribution in [2.75, 3.05) is 6.54 Å². The van der Waals surface area contributed by atoms with Gasteiger partial charge >= 0.3 is 6.09 Å². The van der Waals surface area contributed by atoms with E-state index in [4.69, 9.17) is 15.9 Å². The first-order valence-corrected chi connectivity index (χ1v) is 12.8. The zero-order chi connectivity index (χ0) is 28.0. The van der Waals surface area contributed by atoms with Crippen LogP contribution in [0.1, 0.15) is 30.9 Å². The minimum absolute atomic E-state index is 0.0517. The number of amides is 3. The minimum atomic E-state index is -1.00. The summed E-state index contributed by atoms with van der Waals surface area (Å²) in [5.74, 6) is -0.905. The maximum Gasteiger partial charge on any atom is 0.408 e. The molecule has 0 saturated carbocycles. The predicted molar refractivity (Wildman–Crippen MR) is 151 cm³/mol. The van der Waals surface area contributed by atoms with Crippen molar-refractivity contribution in [1.82, 2.24) is 16.0 Å². The van der Waals surface area contributed by atoms with Crippen molar-refractivity contribution >= 4 is 23.7 Å². The van der Waals surface area contributed by atoms with E-state index in [1.807, 2.05) is 84.9 Å². The number of nitrogens with one attached hydrogen (secondary N) is 4. The Labute approximate surface area is 228 Å². The molecule has 39 heavy (non-hydrogen) atoms. The summed E-state index contributed by atoms with van der Waals surface area (Å²) < 4.78 is 5.33. The van der Waals surface area contributed by atoms with E-state index in [0.717, 1.165) is 22.3 Å². The molecule has 0 bridgehead atoms. The highest BCUT2D eigenvalue weighted by Crippen LogP contribution is 2.20. The highest BCUT2D eigenvalue weighted by molar-refractivity contribution is 5.91. The largest absolute Gasteiger partial charge is 0.445 e. The van der Waals surface area contributed by atoms with Gasteiger partial charge in [0.2, 0.25) is 11.8 Å². The molecular formula is C30H35N5O4. The zero-order valence-electron chi connectivity index (χ0n) is 22.0. The van der Waals surface area contributed by atoms with Gasteiger partial charge in [-0.1, -0.05) is 84.9 Å². The molecule has 0 aliphatic rings. The molecule has 0 aromatic heterocycles. The van der Waals surface area contributed by atoms with Gasteiger partial charge in [-0.15, -0.1) is 0 Å². The number of carbonyl (C=O) groups is 3. The molecule has 0 aliphatic heterocycles. The van der Waals surface area contributed by atoms with Gasteiger partial charge in [0.25, 0.3) is 0 Å². The Kier molecular flexibility index (Phi) is 11.1. The lowest BCUT2D eigenvalue weighted by Gasteiger charge is -2.22. The smallest absolute Gasteiger partial charge is 0.408 e. The molecule has 6 N–H and O–H groups in total. The summed E-state index contributed by atoms with van der Waals surface area (Å²) in [5.41, 5.74) is 9.26. The molecule has 3 amide bonds. The quantitative estimate of drug-likeness (QED) is 0.131. The fourth-order valence-corrected chi connectivity index (χ4v) is 3.96. The van der Waals surface area contributed by atoms with Crippen molar-refractivity contribution in [1.29, 1.82) is 5.41 Å². The van der Waals surface area contributed by atoms with Crippen LogP contribution in [0.4, 0.5) is 4.79 Å². The Balaban J connectivity index is 1.69. The number of hydrogen-bond acceptors (Lipinski definition) is 5. The fourth-order valence-electron chi connectivity index (χ4n) is 3.96. The average molecular weight is 530 g/mol. The Hall–Kier alpha value is -4.66. The molecule has 0 saturated heterocycles. The molecule has 0 heterocycles. The Bertz CT molecular complexity index is 1230. The van der Waals surface area contributed by atoms with E-state index in [-0.39, 0.29) is 19.4 Å². The third kappa shape index (κ3) is 9.96. The minimum Gasteiger partial charge on any atom is -0.445 e. The molecule has 0 aliphatic carbocycles. The predicted octanol–water partition coefficient (Wildman–Crippen LogP) is 3.53. The van der Waals surface area contributed by atoms with Crippen LogP contribution in [-0.4, -0.2) is 42.4 Å². The first-order valence-electron chi connectivity index (χ1n) is 12.8. The number of alkyl carbamates (subject to hydrolysis) is 1. The number of ether oxygens (including phenoxy) is 1. The molecule has 0 radical (unpaired) electrons. The zero-order valence-corrected chi connectivity index (χ0v) is 22.0. The van der Waals surface area contributed by atoms with E-state index < -0.39 is 30.0 Å². The van der Waals surface area contributed by atoms with Crippen molar-refractivity contribution in [2.45, 2.75) is 44.9 Å². The summed E-state index contributed by atoms with van der Waals surface area (Å²) in [4.78, 5) is 37.9. The Morgan fingerprint density at radius 3 is 2.05 bits per heavy atom. The highest BCUT2D eigenvalue weighted by Gasteiger charge is 2.26. The van der Waals surface area contributed by atoms with Gasteiger partial charge in [0.05, 0.1) is 5.84 Å². The summed E-state index contributed by atoms with van der Waals surface area (Å²) in [6, 6.07) is 24.9. The van der Waals surface area contributed by atoms with E-state index in [1.165, 1.54) is 0 Å². The van der Waals surface area contributed by atoms with E-state index in [2.05, 4.69) is 16.0 Å². The molecule has 0 fully saturated rings. The Morgan fingerprint density at radius 1 is 0.821 bits per heavy atom. The molecule has 3 aromatic rings. The van der Waals surface area contributed by atoms with Crippen molar-refractivity contribution in [3.8, 4) is 11.1 Å². The molecule has 0 spiro atoms. The fraction of sp³-hybridized carbons (Fsp3) is 0.267. The maximum atomic E-state index is 13.3. The van der Waals surface area contributed by atoms with E-state index in [0.29, 0.717) is 18.8 Å². The third-order valence-electron chi connectivity index (χ3n) is 6.04. The second-order valence-electron chi connectivity index (χ2n) is 9.18. The monoisotopic (exact) mass is 529 g/mol. The Morgan fingerprint density at radius 2 is 1.44 bits per heavy atom. The number of nitrogens with two attached hydrogens (primary N) is 1. The van der Waals surface area contributed by atoms with E-state index >= 15 is 0 Å². The molecule has 3 rings (SSSR count). The lowest BCUT2D eigenvalue weighted by molar-refractivity contribution is -0.128. The van der Waals surface area contributed by atoms with Crippen LogP contribution in [0.25, 0.3) is 11.1 Å². The number of primary amides is 1. The van der Waals surface area contributed by atoms with Gasteiger partial charge in [0.15, 0.2) is 0 Å². The number of benzene rings is 3. The van der Waals surface area contributed by atoms with E-state index in [1.54, 1.807) is 6.92 Å². The van der Waals surface area contributed by atoms with Crippen LogP contribution in [0, 0.1) is 5.41 Å². The summed E-state index contributed by atoms with van der Waals surface area (Å²) in [6.45, 7) is 2.14. The number of carbonyl (C=O) groups excluding carboxylic acids is 3. The molecule has 2 atom stereocenters. The van der Waals surface area contributed by atoms with Crippen LogP contribution in [0.2, 0.25) is 0 Å². The van der Waals surface area contributed by atoms with Gasteiger partial charge < -0.3 is 26.4 Å². The van der Waals surface area contributed by atoms with Crippen molar-refractivity contribution in [3.05, 3.63) is 96.1 Å². The molecular weight excluding hydrogens is 494 g/mol. The van der Waals surface area contributed by atoms with Crippen LogP contribution in [0.15, 0.2) is 84.9 Å². The molecule has 3 aromatic carbocycles. The van der Waals surface area contributed by atoms with Gasteiger partial charge in [-0.3, -0.25) is 15.0 Å². The lowest BCUT2D eigenvalue weighted by atomic mass is 10.00. The number of hydrogen-bond donors (Lipinski definition) is 5. The lowest BCUT2D eigenvalue weighted by Crippen LogP contribution is -2.53. The molecule has 9 nitrogen and oxygen atoms in total. The van der Waals surface area contributed by atoms with Gasteiger partial charge in [-0.05, 0) is 42.0 Å². The molecule has 9 heteroatoms. The molecule has 2 unspecified atom stereocenters. The third-order valence-corrected chi connectivity index (χ3v) is 6.04. The van der Waals surface area contributed by atoms with Gasteiger partial charge in [-0.2, -0.15) is 0 Å². The summed E-state index contributed by atoms with van der Waals surface area (Å²) >= 11 is 0. The van der Waals surface area contributed by atoms with Crippen molar-refractivity contribution < 1.29 is 19.1 Å². The van der Waals surface area contributed by atoms with Crippen LogP contribution in [-0.2, 0) is 27.4 Å². The maximum absolute atomic E-state index is 13.3. The van der Waals surface area contributed by atoms with E-state index in [9.17, 15) is 14.4 Å². The van der Waals surface area contributed by atoms with Crippen LogP contribution in [0.5, 0.6) is 0 Å². The SMILES string of the molecule is CC(=N)NCCCC(NC(=O)C(Cc1ccc(-c2ccccc2)cc1)NC(=O)OCc1ccccc1)C(N)=O. The highest BCUT2D eigenvalue weighted by atomic mass is 16.5. The topological polar surface area (TPSA) is 146 Å². The molecule has 204 valence electrons. The summed E-state index contributed by atoms with van der Waals surface area (Å²) in [5, 5.41) is 15.6. The van der Waals surface area contributed by atoms with Gasteiger partial charge in [0, 0.05) is 13.0 Å². The van der Waals surface area contributed by atoms with Crippen molar-refractivity contribution in [2.24, 2.45) is 5.73 Å². The normalized spacial score (nSPS) is 12.0. The van der Waals surface area contributed by atoms with Crippen molar-refractivity contribution in [3.63, 3.8) is 0 Å². The summed E-state index contributed by atoms with van der Waals surface area (Å²) in [7, 11) is 0. The number of rotatable bonds is 13. The van der Waals surface area contributed by atoms with Crippen LogP contribution < -0.4 is 21.7 Å². The van der Waals surface area contributed by atoms with Crippen LogP contribution >= 0.6 is 0 Å². The van der Waals surface area contributed by atoms with Gasteiger partial charge in [-0.25, -0.2) is 4.79 Å². The second kappa shape index (κ2) is 14.9.